The predicted octanol–water partition coefficient (Wildman–Crippen LogP) is -0.705. The summed E-state index contributed by atoms with van der Waals surface area (Å²) >= 11 is 0. The van der Waals surface area contributed by atoms with Crippen LogP contribution in [0.5, 0.6) is 0 Å². The molecule has 1 saturated heterocycles. The van der Waals surface area contributed by atoms with Crippen LogP contribution in [-0.4, -0.2) is 19.1 Å². The molecule has 1 radical (unpaired) electrons. The van der Waals surface area contributed by atoms with E-state index < -0.39 is 0 Å². The molecule has 3 heteroatoms. The highest BCUT2D eigenvalue weighted by molar-refractivity contribution is 5.72. The monoisotopic (exact) mass is 100 g/mol. The van der Waals surface area contributed by atoms with Crippen molar-refractivity contribution in [2.75, 3.05) is 13.1 Å². The zero-order chi connectivity index (χ0) is 5.11. The van der Waals surface area contributed by atoms with E-state index in [-0.39, 0.29) is 5.97 Å². The van der Waals surface area contributed by atoms with Crippen molar-refractivity contribution in [3.8, 4) is 0 Å². The smallest absolute Gasteiger partial charge is 0.320 e. The van der Waals surface area contributed by atoms with E-state index in [1.807, 2.05) is 0 Å². The highest BCUT2D eigenvalue weighted by atomic mass is 16.5. The first-order valence-electron chi connectivity index (χ1n) is 2.11. The van der Waals surface area contributed by atoms with Crippen LogP contribution in [0.2, 0.25) is 0 Å². The van der Waals surface area contributed by atoms with Crippen molar-refractivity contribution in [2.45, 2.75) is 0 Å². The standard InChI is InChI=1S/C4H6NO2/c6-4-3-5-1-2-7-4/h2,5H,1,3H2. The van der Waals surface area contributed by atoms with Gasteiger partial charge < -0.3 is 10.1 Å². The number of nitrogens with one attached hydrogen (secondary N) is 1. The van der Waals surface area contributed by atoms with Gasteiger partial charge in [0.2, 0.25) is 0 Å². The van der Waals surface area contributed by atoms with E-state index in [9.17, 15) is 4.79 Å². The fourth-order valence-electron chi connectivity index (χ4n) is 0.409. The Balaban J connectivity index is 2.25. The lowest BCUT2D eigenvalue weighted by Gasteiger charge is -2.09. The van der Waals surface area contributed by atoms with Crippen molar-refractivity contribution >= 4 is 5.97 Å². The summed E-state index contributed by atoms with van der Waals surface area (Å²) in [5.74, 6) is -0.203. The van der Waals surface area contributed by atoms with Crippen LogP contribution in [0, 0.1) is 6.61 Å². The summed E-state index contributed by atoms with van der Waals surface area (Å²) in [5.41, 5.74) is 0. The quantitative estimate of drug-likeness (QED) is 0.409. The van der Waals surface area contributed by atoms with E-state index in [1.54, 1.807) is 0 Å². The molecule has 0 aromatic carbocycles. The molecule has 1 heterocycles. The summed E-state index contributed by atoms with van der Waals surface area (Å²) < 4.78 is 4.45. The largest absolute Gasteiger partial charge is 0.456 e. The fraction of sp³-hybridized carbons (Fsp3) is 0.500. The van der Waals surface area contributed by atoms with Crippen LogP contribution in [0.15, 0.2) is 0 Å². The third-order valence-corrected chi connectivity index (χ3v) is 0.712. The van der Waals surface area contributed by atoms with E-state index in [0.717, 1.165) is 0 Å². The molecule has 1 aliphatic rings. The summed E-state index contributed by atoms with van der Waals surface area (Å²) in [4.78, 5) is 10.1. The minimum absolute atomic E-state index is 0.203. The number of carbonyl (C=O) groups is 1. The number of morpholine rings is 1. The Labute approximate surface area is 41.7 Å². The zero-order valence-electron chi connectivity index (χ0n) is 3.81. The second kappa shape index (κ2) is 1.93. The molecular formula is C4H6NO2. The van der Waals surface area contributed by atoms with Crippen molar-refractivity contribution in [3.05, 3.63) is 6.61 Å². The molecule has 0 bridgehead atoms. The lowest BCUT2D eigenvalue weighted by atomic mass is 10.5. The van der Waals surface area contributed by atoms with Crippen molar-refractivity contribution in [1.29, 1.82) is 0 Å². The number of cyclic esters (lactones) is 1. The molecule has 0 amide bonds. The van der Waals surface area contributed by atoms with Crippen molar-refractivity contribution < 1.29 is 9.53 Å². The Bertz CT molecular complexity index is 73.8. The first kappa shape index (κ1) is 4.59. The van der Waals surface area contributed by atoms with E-state index in [1.165, 1.54) is 6.61 Å². The Morgan fingerprint density at radius 2 is 2.71 bits per heavy atom. The Hall–Kier alpha value is -0.570. The van der Waals surface area contributed by atoms with Gasteiger partial charge in [-0.25, -0.2) is 0 Å². The van der Waals surface area contributed by atoms with Gasteiger partial charge >= 0.3 is 5.97 Å². The normalized spacial score (nSPS) is 21.4. The minimum atomic E-state index is -0.203. The van der Waals surface area contributed by atoms with Crippen molar-refractivity contribution in [3.63, 3.8) is 0 Å². The number of hydrogen-bond acceptors (Lipinski definition) is 3. The van der Waals surface area contributed by atoms with Crippen LogP contribution in [0.4, 0.5) is 0 Å². The molecule has 1 fully saturated rings. The van der Waals surface area contributed by atoms with Crippen LogP contribution in [-0.2, 0) is 9.53 Å². The SMILES string of the molecule is O=C1CNC[CH]O1. The molecule has 0 atom stereocenters. The number of ether oxygens (including phenoxy) is 1. The molecule has 0 saturated carbocycles. The van der Waals surface area contributed by atoms with Gasteiger partial charge in [-0.05, 0) is 0 Å². The molecule has 0 aromatic rings. The minimum Gasteiger partial charge on any atom is -0.456 e. The molecule has 39 valence electrons. The average molecular weight is 100 g/mol. The third kappa shape index (κ3) is 1.16. The molecule has 3 nitrogen and oxygen atoms in total. The van der Waals surface area contributed by atoms with Crippen LogP contribution < -0.4 is 5.32 Å². The van der Waals surface area contributed by atoms with E-state index in [2.05, 4.69) is 10.1 Å². The van der Waals surface area contributed by atoms with Crippen LogP contribution in [0.3, 0.4) is 0 Å². The van der Waals surface area contributed by atoms with Crippen molar-refractivity contribution in [2.24, 2.45) is 0 Å². The lowest BCUT2D eigenvalue weighted by molar-refractivity contribution is -0.141. The maximum absolute atomic E-state index is 10.1. The van der Waals surface area contributed by atoms with Gasteiger partial charge in [0, 0.05) is 6.54 Å². The molecule has 0 aromatic heterocycles. The molecule has 0 aliphatic carbocycles. The first-order chi connectivity index (χ1) is 3.39. The maximum Gasteiger partial charge on any atom is 0.320 e. The van der Waals surface area contributed by atoms with Gasteiger partial charge in [-0.3, -0.25) is 4.79 Å². The lowest BCUT2D eigenvalue weighted by Crippen LogP contribution is -2.31. The molecule has 1 N–H and O–H groups in total. The van der Waals surface area contributed by atoms with Crippen LogP contribution >= 0.6 is 0 Å². The molecule has 0 spiro atoms. The summed E-state index contributed by atoms with van der Waals surface area (Å²) in [6, 6.07) is 0. The Morgan fingerprint density at radius 3 is 3.00 bits per heavy atom. The molecule has 7 heavy (non-hydrogen) atoms. The van der Waals surface area contributed by atoms with E-state index in [4.69, 9.17) is 0 Å². The number of carbonyl (C=O) groups excluding carboxylic acids is 1. The van der Waals surface area contributed by atoms with Gasteiger partial charge in [0.25, 0.3) is 0 Å². The van der Waals surface area contributed by atoms with Gasteiger partial charge in [0.1, 0.15) is 0 Å². The van der Waals surface area contributed by atoms with E-state index >= 15 is 0 Å². The summed E-state index contributed by atoms with van der Waals surface area (Å²) in [6.45, 7) is 2.47. The molecule has 1 aliphatic heterocycles. The number of esters is 1. The van der Waals surface area contributed by atoms with Gasteiger partial charge in [-0.2, -0.15) is 0 Å². The third-order valence-electron chi connectivity index (χ3n) is 0.712. The van der Waals surface area contributed by atoms with Gasteiger partial charge in [0.15, 0.2) is 6.61 Å². The number of rotatable bonds is 0. The molecule has 1 rings (SSSR count). The Kier molecular flexibility index (Phi) is 1.26. The van der Waals surface area contributed by atoms with Crippen molar-refractivity contribution in [1.82, 2.24) is 5.32 Å². The van der Waals surface area contributed by atoms with Gasteiger partial charge in [-0.15, -0.1) is 0 Å². The van der Waals surface area contributed by atoms with Crippen LogP contribution in [0.1, 0.15) is 0 Å². The second-order valence-corrected chi connectivity index (χ2v) is 1.29. The predicted molar refractivity (Wildman–Crippen MR) is 23.3 cm³/mol. The second-order valence-electron chi connectivity index (χ2n) is 1.29. The summed E-state index contributed by atoms with van der Waals surface area (Å²) in [7, 11) is 0. The average Bonchev–Trinajstić information content (AvgIpc) is 1.69. The first-order valence-corrected chi connectivity index (χ1v) is 2.11. The van der Waals surface area contributed by atoms with Gasteiger partial charge in [0.05, 0.1) is 6.54 Å². The highest BCUT2D eigenvalue weighted by Crippen LogP contribution is 1.86. The highest BCUT2D eigenvalue weighted by Gasteiger charge is 2.06. The molecular weight excluding hydrogens is 94.0 g/mol. The topological polar surface area (TPSA) is 38.3 Å². The zero-order valence-corrected chi connectivity index (χ0v) is 3.81. The van der Waals surface area contributed by atoms with E-state index in [0.29, 0.717) is 13.1 Å². The molecule has 0 unspecified atom stereocenters. The van der Waals surface area contributed by atoms with Gasteiger partial charge in [-0.1, -0.05) is 0 Å². The maximum atomic E-state index is 10.1. The van der Waals surface area contributed by atoms with Crippen LogP contribution in [0.25, 0.3) is 0 Å². The summed E-state index contributed by atoms with van der Waals surface area (Å²) in [5, 5.41) is 2.80. The Morgan fingerprint density at radius 1 is 1.86 bits per heavy atom. The summed E-state index contributed by atoms with van der Waals surface area (Å²) in [6.07, 6.45) is 0. The number of hydrogen-bond donors (Lipinski definition) is 1. The fourth-order valence-corrected chi connectivity index (χ4v) is 0.409.